The quantitative estimate of drug-likeness (QED) is 0.704. The smallest absolute Gasteiger partial charge is 0.254 e. The minimum absolute atomic E-state index is 0.0595. The number of anilines is 1. The van der Waals surface area contributed by atoms with E-state index in [9.17, 15) is 4.39 Å². The molecule has 1 saturated heterocycles. The lowest BCUT2D eigenvalue weighted by molar-refractivity contribution is 0.206. The topological polar surface area (TPSA) is 64.0 Å². The Kier molecular flexibility index (Phi) is 4.83. The molecule has 0 bridgehead atoms. The number of piperidine rings is 1. The first-order chi connectivity index (χ1) is 13.1. The molecule has 3 aromatic rings. The van der Waals surface area contributed by atoms with Crippen LogP contribution in [0, 0.1) is 25.6 Å². The van der Waals surface area contributed by atoms with Crippen molar-refractivity contribution < 1.29 is 9.13 Å². The first kappa shape index (κ1) is 17.6. The average Bonchev–Trinajstić information content (AvgIpc) is 2.69. The van der Waals surface area contributed by atoms with Gasteiger partial charge in [-0.3, -0.25) is 0 Å². The molecule has 0 amide bonds. The Hall–Kier alpha value is -2.83. The van der Waals surface area contributed by atoms with Crippen molar-refractivity contribution >= 4 is 16.7 Å². The van der Waals surface area contributed by atoms with Crippen molar-refractivity contribution in [2.75, 3.05) is 24.6 Å². The first-order valence-corrected chi connectivity index (χ1v) is 9.20. The van der Waals surface area contributed by atoms with Crippen molar-refractivity contribution in [2.45, 2.75) is 26.7 Å². The molecule has 0 unspecified atom stereocenters. The number of rotatable bonds is 4. The number of halogens is 1. The predicted octanol–water partition coefficient (Wildman–Crippen LogP) is 3.47. The van der Waals surface area contributed by atoms with Crippen molar-refractivity contribution in [1.29, 1.82) is 0 Å². The summed E-state index contributed by atoms with van der Waals surface area (Å²) in [6.07, 6.45) is 3.54. The van der Waals surface area contributed by atoms with Crippen LogP contribution in [0.3, 0.4) is 0 Å². The summed E-state index contributed by atoms with van der Waals surface area (Å²) < 4.78 is 19.8. The van der Waals surface area contributed by atoms with Crippen LogP contribution >= 0.6 is 0 Å². The van der Waals surface area contributed by atoms with Crippen LogP contribution in [0.4, 0.5) is 10.2 Å². The number of nitrogens with zero attached hydrogens (tertiary/aromatic N) is 5. The second-order valence-electron chi connectivity index (χ2n) is 6.93. The third-order valence-electron chi connectivity index (χ3n) is 4.99. The molecule has 7 heteroatoms. The van der Waals surface area contributed by atoms with Crippen molar-refractivity contribution in [1.82, 2.24) is 19.9 Å². The van der Waals surface area contributed by atoms with Gasteiger partial charge in [0.05, 0.1) is 17.8 Å². The highest BCUT2D eigenvalue weighted by molar-refractivity contribution is 5.89. The molecule has 0 atom stereocenters. The highest BCUT2D eigenvalue weighted by Crippen LogP contribution is 2.28. The molecule has 4 rings (SSSR count). The zero-order chi connectivity index (χ0) is 18.8. The van der Waals surface area contributed by atoms with Gasteiger partial charge in [-0.05, 0) is 44.7 Å². The van der Waals surface area contributed by atoms with Gasteiger partial charge in [-0.15, -0.1) is 0 Å². The molecular formula is C20H22FN5O. The summed E-state index contributed by atoms with van der Waals surface area (Å²) in [5.74, 6) is 1.46. The van der Waals surface area contributed by atoms with Gasteiger partial charge in [0.1, 0.15) is 18.0 Å². The van der Waals surface area contributed by atoms with E-state index in [0.29, 0.717) is 24.0 Å². The zero-order valence-corrected chi connectivity index (χ0v) is 15.5. The number of ether oxygens (including phenoxy) is 1. The molecule has 0 radical (unpaired) electrons. The average molecular weight is 367 g/mol. The SMILES string of the molecule is Cc1nc(C)c(F)c(OCC2CCN(c3ncnc4ccccc34)CC2)n1. The van der Waals surface area contributed by atoms with E-state index in [0.717, 1.165) is 42.7 Å². The monoisotopic (exact) mass is 367 g/mol. The maximum absolute atomic E-state index is 14.1. The second-order valence-corrected chi connectivity index (χ2v) is 6.93. The highest BCUT2D eigenvalue weighted by atomic mass is 19.1. The van der Waals surface area contributed by atoms with Crippen LogP contribution in [0.1, 0.15) is 24.4 Å². The minimum atomic E-state index is -0.467. The van der Waals surface area contributed by atoms with Gasteiger partial charge in [0.15, 0.2) is 0 Å². The largest absolute Gasteiger partial charge is 0.475 e. The van der Waals surface area contributed by atoms with E-state index >= 15 is 0 Å². The summed E-state index contributed by atoms with van der Waals surface area (Å²) in [4.78, 5) is 19.2. The number of fused-ring (bicyclic) bond motifs is 1. The van der Waals surface area contributed by atoms with Crippen molar-refractivity contribution in [3.8, 4) is 5.88 Å². The molecular weight excluding hydrogens is 345 g/mol. The van der Waals surface area contributed by atoms with Crippen LogP contribution in [0.25, 0.3) is 10.9 Å². The van der Waals surface area contributed by atoms with Crippen LogP contribution in [0.15, 0.2) is 30.6 Å². The summed E-state index contributed by atoms with van der Waals surface area (Å²) in [5, 5.41) is 1.07. The van der Waals surface area contributed by atoms with E-state index in [1.165, 1.54) is 0 Å². The summed E-state index contributed by atoms with van der Waals surface area (Å²) in [6.45, 7) is 5.61. The summed E-state index contributed by atoms with van der Waals surface area (Å²) >= 11 is 0. The molecule has 1 aliphatic heterocycles. The van der Waals surface area contributed by atoms with E-state index < -0.39 is 5.82 Å². The summed E-state index contributed by atoms with van der Waals surface area (Å²) in [6, 6.07) is 8.05. The first-order valence-electron chi connectivity index (χ1n) is 9.20. The summed E-state index contributed by atoms with van der Waals surface area (Å²) in [7, 11) is 0. The Labute approximate surface area is 157 Å². The van der Waals surface area contributed by atoms with Crippen molar-refractivity contribution in [3.05, 3.63) is 47.9 Å². The Morgan fingerprint density at radius 1 is 1.11 bits per heavy atom. The maximum Gasteiger partial charge on any atom is 0.254 e. The number of aryl methyl sites for hydroxylation is 2. The fraction of sp³-hybridized carbons (Fsp3) is 0.400. The lowest BCUT2D eigenvalue weighted by atomic mass is 9.97. The van der Waals surface area contributed by atoms with Gasteiger partial charge in [-0.2, -0.15) is 9.37 Å². The number of benzene rings is 1. The molecule has 1 aliphatic rings. The third-order valence-corrected chi connectivity index (χ3v) is 4.99. The Balaban J connectivity index is 1.39. The van der Waals surface area contributed by atoms with Crippen LogP contribution in [0.5, 0.6) is 5.88 Å². The van der Waals surface area contributed by atoms with E-state index in [1.807, 2.05) is 18.2 Å². The van der Waals surface area contributed by atoms with Crippen LogP contribution in [-0.4, -0.2) is 39.6 Å². The Morgan fingerprint density at radius 2 is 1.89 bits per heavy atom. The van der Waals surface area contributed by atoms with Gasteiger partial charge in [0, 0.05) is 18.5 Å². The number of para-hydroxylation sites is 1. The molecule has 27 heavy (non-hydrogen) atoms. The molecule has 0 N–H and O–H groups in total. The van der Waals surface area contributed by atoms with Crippen LogP contribution < -0.4 is 9.64 Å². The number of aromatic nitrogens is 4. The van der Waals surface area contributed by atoms with Gasteiger partial charge < -0.3 is 9.64 Å². The molecule has 140 valence electrons. The van der Waals surface area contributed by atoms with Gasteiger partial charge in [-0.25, -0.2) is 15.0 Å². The van der Waals surface area contributed by atoms with Crippen LogP contribution in [-0.2, 0) is 0 Å². The second kappa shape index (κ2) is 7.42. The van der Waals surface area contributed by atoms with Crippen LogP contribution in [0.2, 0.25) is 0 Å². The lowest BCUT2D eigenvalue weighted by Gasteiger charge is -2.33. The fourth-order valence-electron chi connectivity index (χ4n) is 3.51. The minimum Gasteiger partial charge on any atom is -0.475 e. The molecule has 6 nitrogen and oxygen atoms in total. The fourth-order valence-corrected chi connectivity index (χ4v) is 3.51. The number of hydrogen-bond acceptors (Lipinski definition) is 6. The highest BCUT2D eigenvalue weighted by Gasteiger charge is 2.23. The molecule has 3 heterocycles. The number of hydrogen-bond donors (Lipinski definition) is 0. The maximum atomic E-state index is 14.1. The Bertz CT molecular complexity index is 951. The van der Waals surface area contributed by atoms with E-state index in [2.05, 4.69) is 30.9 Å². The zero-order valence-electron chi connectivity index (χ0n) is 15.5. The van der Waals surface area contributed by atoms with Crippen molar-refractivity contribution in [3.63, 3.8) is 0 Å². The van der Waals surface area contributed by atoms with E-state index in [1.54, 1.807) is 20.2 Å². The van der Waals surface area contributed by atoms with E-state index in [-0.39, 0.29) is 5.88 Å². The molecule has 1 aromatic carbocycles. The molecule has 0 aliphatic carbocycles. The molecule has 0 saturated carbocycles. The normalized spacial score (nSPS) is 15.3. The van der Waals surface area contributed by atoms with Gasteiger partial charge >= 0.3 is 0 Å². The molecule has 0 spiro atoms. The third kappa shape index (κ3) is 3.67. The molecule has 1 fully saturated rings. The molecule has 2 aromatic heterocycles. The van der Waals surface area contributed by atoms with E-state index in [4.69, 9.17) is 4.74 Å². The van der Waals surface area contributed by atoms with Crippen molar-refractivity contribution in [2.24, 2.45) is 5.92 Å². The predicted molar refractivity (Wildman–Crippen MR) is 101 cm³/mol. The van der Waals surface area contributed by atoms with Gasteiger partial charge in [0.25, 0.3) is 5.88 Å². The van der Waals surface area contributed by atoms with Gasteiger partial charge in [-0.1, -0.05) is 12.1 Å². The Morgan fingerprint density at radius 3 is 2.70 bits per heavy atom. The lowest BCUT2D eigenvalue weighted by Crippen LogP contribution is -2.36. The summed E-state index contributed by atoms with van der Waals surface area (Å²) in [5.41, 5.74) is 1.28. The standard InChI is InChI=1S/C20H22FN5O/c1-13-18(21)20(25-14(2)24-13)27-11-15-7-9-26(10-8-15)19-16-5-3-4-6-17(16)22-12-23-19/h3-6,12,15H,7-11H2,1-2H3. The van der Waals surface area contributed by atoms with Gasteiger partial charge in [0.2, 0.25) is 5.82 Å².